The van der Waals surface area contributed by atoms with E-state index in [1.807, 2.05) is 44.2 Å². The Labute approximate surface area is 165 Å². The van der Waals surface area contributed by atoms with E-state index >= 15 is 0 Å². The molecule has 8 heteroatoms. The molecule has 0 unspecified atom stereocenters. The zero-order valence-electron chi connectivity index (χ0n) is 16.0. The Morgan fingerprint density at radius 3 is 2.21 bits per heavy atom. The van der Waals surface area contributed by atoms with Crippen molar-refractivity contribution in [3.05, 3.63) is 65.7 Å². The molecular formula is C20H24N2O5S. The summed E-state index contributed by atoms with van der Waals surface area (Å²) in [5, 5.41) is 2.72. The maximum atomic E-state index is 12.3. The summed E-state index contributed by atoms with van der Waals surface area (Å²) in [6.07, 6.45) is 0. The fourth-order valence-electron chi connectivity index (χ4n) is 2.44. The van der Waals surface area contributed by atoms with Crippen LogP contribution in [0.5, 0.6) is 0 Å². The summed E-state index contributed by atoms with van der Waals surface area (Å²) < 4.78 is 31.8. The first-order valence-electron chi connectivity index (χ1n) is 8.79. The Kier molecular flexibility index (Phi) is 7.31. The first-order valence-corrected chi connectivity index (χ1v) is 10.3. The number of nitrogens with one attached hydrogen (secondary N) is 2. The SMILES string of the molecule is Cc1ccc(S(=O)(=O)N[C@@H](C)C(=O)OCC(=O)N[C@H](C)c2ccccc2)cc1. The summed E-state index contributed by atoms with van der Waals surface area (Å²) in [5.41, 5.74) is 1.84. The van der Waals surface area contributed by atoms with E-state index in [1.165, 1.54) is 19.1 Å². The van der Waals surface area contributed by atoms with Gasteiger partial charge in [-0.3, -0.25) is 9.59 Å². The Morgan fingerprint density at radius 2 is 1.61 bits per heavy atom. The number of aryl methyl sites for hydroxylation is 1. The van der Waals surface area contributed by atoms with Crippen LogP contribution in [0.1, 0.15) is 31.0 Å². The van der Waals surface area contributed by atoms with Crippen molar-refractivity contribution in [2.45, 2.75) is 37.8 Å². The van der Waals surface area contributed by atoms with E-state index in [1.54, 1.807) is 12.1 Å². The normalized spacial score (nSPS) is 13.4. The summed E-state index contributed by atoms with van der Waals surface area (Å²) in [4.78, 5) is 24.1. The minimum atomic E-state index is -3.87. The Hall–Kier alpha value is -2.71. The maximum Gasteiger partial charge on any atom is 0.324 e. The van der Waals surface area contributed by atoms with Crippen LogP contribution < -0.4 is 10.0 Å². The van der Waals surface area contributed by atoms with E-state index in [9.17, 15) is 18.0 Å². The van der Waals surface area contributed by atoms with E-state index in [0.29, 0.717) is 0 Å². The average Bonchev–Trinajstić information content (AvgIpc) is 2.66. The summed E-state index contributed by atoms with van der Waals surface area (Å²) in [6.45, 7) is 4.52. The number of carbonyl (C=O) groups excluding carboxylic acids is 2. The Bertz CT molecular complexity index is 911. The van der Waals surface area contributed by atoms with Crippen molar-refractivity contribution in [1.82, 2.24) is 10.0 Å². The van der Waals surface area contributed by atoms with Gasteiger partial charge < -0.3 is 10.1 Å². The van der Waals surface area contributed by atoms with Crippen LogP contribution in [0.25, 0.3) is 0 Å². The zero-order valence-corrected chi connectivity index (χ0v) is 16.8. The second-order valence-corrected chi connectivity index (χ2v) is 8.18. The van der Waals surface area contributed by atoms with Crippen molar-refractivity contribution in [3.8, 4) is 0 Å². The molecule has 2 rings (SSSR count). The molecule has 0 aliphatic rings. The van der Waals surface area contributed by atoms with Gasteiger partial charge in [0.2, 0.25) is 10.0 Å². The summed E-state index contributed by atoms with van der Waals surface area (Å²) in [5.74, 6) is -1.31. The molecule has 0 aromatic heterocycles. The van der Waals surface area contributed by atoms with Gasteiger partial charge in [-0.05, 0) is 38.5 Å². The molecule has 0 radical (unpaired) electrons. The number of hydrogen-bond acceptors (Lipinski definition) is 5. The van der Waals surface area contributed by atoms with Crippen LogP contribution in [0, 0.1) is 6.92 Å². The third-order valence-electron chi connectivity index (χ3n) is 4.04. The van der Waals surface area contributed by atoms with Crippen LogP contribution in [-0.2, 0) is 24.3 Å². The largest absolute Gasteiger partial charge is 0.454 e. The third-order valence-corrected chi connectivity index (χ3v) is 5.60. The zero-order chi connectivity index (χ0) is 20.7. The van der Waals surface area contributed by atoms with Gasteiger partial charge in [0.25, 0.3) is 5.91 Å². The molecule has 0 saturated heterocycles. The van der Waals surface area contributed by atoms with Crippen molar-refractivity contribution in [1.29, 1.82) is 0 Å². The first kappa shape index (κ1) is 21.6. The number of esters is 1. The lowest BCUT2D eigenvalue weighted by molar-refractivity contribution is -0.149. The Balaban J connectivity index is 1.85. The number of rotatable bonds is 8. The lowest BCUT2D eigenvalue weighted by Crippen LogP contribution is -2.41. The molecule has 0 aliphatic heterocycles. The van der Waals surface area contributed by atoms with Gasteiger partial charge in [-0.1, -0.05) is 48.0 Å². The van der Waals surface area contributed by atoms with Gasteiger partial charge in [-0.25, -0.2) is 8.42 Å². The van der Waals surface area contributed by atoms with Crippen LogP contribution >= 0.6 is 0 Å². The summed E-state index contributed by atoms with van der Waals surface area (Å²) >= 11 is 0. The summed E-state index contributed by atoms with van der Waals surface area (Å²) in [6, 6.07) is 14.2. The molecule has 0 spiro atoms. The van der Waals surface area contributed by atoms with E-state index in [2.05, 4.69) is 10.0 Å². The quantitative estimate of drug-likeness (QED) is 0.656. The molecule has 7 nitrogen and oxygen atoms in total. The van der Waals surface area contributed by atoms with Crippen molar-refractivity contribution in [3.63, 3.8) is 0 Å². The van der Waals surface area contributed by atoms with Crippen molar-refractivity contribution in [2.24, 2.45) is 0 Å². The minimum absolute atomic E-state index is 0.0483. The molecule has 28 heavy (non-hydrogen) atoms. The average molecular weight is 404 g/mol. The first-order chi connectivity index (χ1) is 13.2. The highest BCUT2D eigenvalue weighted by Crippen LogP contribution is 2.12. The standard InChI is InChI=1S/C20H24N2O5S/c1-14-9-11-18(12-10-14)28(25,26)22-16(3)20(24)27-13-19(23)21-15(2)17-7-5-4-6-8-17/h4-12,15-16,22H,13H2,1-3H3,(H,21,23)/t15-,16+/m1/s1. The fraction of sp³-hybridized carbons (Fsp3) is 0.300. The van der Waals surface area contributed by atoms with Gasteiger partial charge in [-0.15, -0.1) is 0 Å². The molecule has 0 saturated carbocycles. The van der Waals surface area contributed by atoms with Crippen LogP contribution in [0.3, 0.4) is 0 Å². The molecule has 2 atom stereocenters. The Morgan fingerprint density at radius 1 is 1.00 bits per heavy atom. The molecule has 0 fully saturated rings. The minimum Gasteiger partial charge on any atom is -0.454 e. The lowest BCUT2D eigenvalue weighted by Gasteiger charge is -2.16. The van der Waals surface area contributed by atoms with Gasteiger partial charge in [0.1, 0.15) is 6.04 Å². The molecule has 0 bridgehead atoms. The highest BCUT2D eigenvalue weighted by atomic mass is 32.2. The highest BCUT2D eigenvalue weighted by Gasteiger charge is 2.23. The predicted octanol–water partition coefficient (Wildman–Crippen LogP) is 2.08. The predicted molar refractivity (Wildman–Crippen MR) is 105 cm³/mol. The molecular weight excluding hydrogens is 380 g/mol. The van der Waals surface area contributed by atoms with E-state index in [-0.39, 0.29) is 10.9 Å². The van der Waals surface area contributed by atoms with Gasteiger partial charge in [-0.2, -0.15) is 4.72 Å². The van der Waals surface area contributed by atoms with Crippen molar-refractivity contribution in [2.75, 3.05) is 6.61 Å². The second kappa shape index (κ2) is 9.48. The molecule has 1 amide bonds. The van der Waals surface area contributed by atoms with Gasteiger partial charge >= 0.3 is 5.97 Å². The summed E-state index contributed by atoms with van der Waals surface area (Å²) in [7, 11) is -3.87. The topological polar surface area (TPSA) is 102 Å². The number of ether oxygens (including phenoxy) is 1. The van der Waals surface area contributed by atoms with Gasteiger partial charge in [0.15, 0.2) is 6.61 Å². The number of carbonyl (C=O) groups is 2. The van der Waals surface area contributed by atoms with E-state index in [4.69, 9.17) is 4.74 Å². The van der Waals surface area contributed by atoms with Gasteiger partial charge in [0, 0.05) is 0 Å². The molecule has 2 aromatic carbocycles. The van der Waals surface area contributed by atoms with Crippen LogP contribution in [0.2, 0.25) is 0 Å². The number of amides is 1. The van der Waals surface area contributed by atoms with Crippen LogP contribution in [0.15, 0.2) is 59.5 Å². The van der Waals surface area contributed by atoms with Crippen molar-refractivity contribution >= 4 is 21.9 Å². The molecule has 0 heterocycles. The maximum absolute atomic E-state index is 12.3. The highest BCUT2D eigenvalue weighted by molar-refractivity contribution is 7.89. The third kappa shape index (κ3) is 6.17. The molecule has 150 valence electrons. The smallest absolute Gasteiger partial charge is 0.324 e. The van der Waals surface area contributed by atoms with Gasteiger partial charge in [0.05, 0.1) is 10.9 Å². The number of benzene rings is 2. The van der Waals surface area contributed by atoms with Crippen LogP contribution in [0.4, 0.5) is 0 Å². The lowest BCUT2D eigenvalue weighted by atomic mass is 10.1. The number of hydrogen-bond donors (Lipinski definition) is 2. The van der Waals surface area contributed by atoms with Crippen LogP contribution in [-0.4, -0.2) is 32.9 Å². The fourth-order valence-corrected chi connectivity index (χ4v) is 3.63. The molecule has 0 aliphatic carbocycles. The molecule has 2 N–H and O–H groups in total. The monoisotopic (exact) mass is 404 g/mol. The second-order valence-electron chi connectivity index (χ2n) is 6.46. The molecule has 2 aromatic rings. The van der Waals surface area contributed by atoms with E-state index < -0.39 is 34.5 Å². The van der Waals surface area contributed by atoms with Crippen molar-refractivity contribution < 1.29 is 22.7 Å². The van der Waals surface area contributed by atoms with E-state index in [0.717, 1.165) is 11.1 Å². The number of sulfonamides is 1.